The highest BCUT2D eigenvalue weighted by Gasteiger charge is 2.15. The largest absolute Gasteiger partial charge is 0.491 e. The number of imidazole rings is 1. The number of urea groups is 1. The number of hydrogen-bond donors (Lipinski definition) is 2. The number of rotatable bonds is 6. The van der Waals surface area contributed by atoms with Crippen LogP contribution in [0.25, 0.3) is 11.1 Å². The van der Waals surface area contributed by atoms with Gasteiger partial charge in [-0.2, -0.15) is 0 Å². The molecule has 0 radical (unpaired) electrons. The Hall–Kier alpha value is -3.35. The van der Waals surface area contributed by atoms with Crippen molar-refractivity contribution >= 4 is 11.7 Å². The smallest absolute Gasteiger partial charge is 0.319 e. The van der Waals surface area contributed by atoms with Crippen molar-refractivity contribution in [2.75, 3.05) is 5.32 Å². The lowest BCUT2D eigenvalue weighted by atomic mass is 10.0. The Morgan fingerprint density at radius 2 is 1.79 bits per heavy atom. The van der Waals surface area contributed by atoms with Crippen molar-refractivity contribution in [3.05, 3.63) is 66.5 Å². The van der Waals surface area contributed by atoms with Gasteiger partial charge in [0.25, 0.3) is 0 Å². The highest BCUT2D eigenvalue weighted by molar-refractivity contribution is 5.90. The Morgan fingerprint density at radius 3 is 2.38 bits per heavy atom. The Morgan fingerprint density at radius 1 is 1.10 bits per heavy atom. The molecule has 0 aliphatic heterocycles. The van der Waals surface area contributed by atoms with Gasteiger partial charge in [0, 0.05) is 19.4 Å². The monoisotopic (exact) mass is 396 g/mol. The van der Waals surface area contributed by atoms with Crippen LogP contribution in [0.5, 0.6) is 5.75 Å². The van der Waals surface area contributed by atoms with Crippen molar-refractivity contribution in [1.29, 1.82) is 0 Å². The second-order valence-electron chi connectivity index (χ2n) is 7.10. The van der Waals surface area contributed by atoms with Gasteiger partial charge in [0.1, 0.15) is 17.4 Å². The number of carbonyl (C=O) groups excluding carboxylic acids is 1. The van der Waals surface area contributed by atoms with Crippen LogP contribution in [0.1, 0.15) is 32.6 Å². The van der Waals surface area contributed by atoms with E-state index in [-0.39, 0.29) is 17.8 Å². The van der Waals surface area contributed by atoms with Crippen LogP contribution < -0.4 is 15.4 Å². The van der Waals surface area contributed by atoms with E-state index in [0.29, 0.717) is 11.4 Å². The van der Waals surface area contributed by atoms with Gasteiger partial charge in [0.15, 0.2) is 0 Å². The van der Waals surface area contributed by atoms with Gasteiger partial charge in [-0.05, 0) is 56.2 Å². The number of benzene rings is 2. The molecule has 3 aromatic rings. The molecule has 6 nitrogen and oxygen atoms in total. The van der Waals surface area contributed by atoms with Gasteiger partial charge in [-0.25, -0.2) is 14.2 Å². The standard InChI is InChI=1S/C22H25FN4O2/c1-14(2)29-18-8-5-16(6-9-18)17-7-10-20(19(23)13-17)26-22(28)25-15(3)21-24-11-12-27(21)4/h5-15H,1-4H3,(H2,25,26,28). The summed E-state index contributed by atoms with van der Waals surface area (Å²) in [7, 11) is 1.85. The van der Waals surface area contributed by atoms with Crippen LogP contribution in [-0.4, -0.2) is 21.7 Å². The average molecular weight is 396 g/mol. The van der Waals surface area contributed by atoms with Crippen LogP contribution >= 0.6 is 0 Å². The van der Waals surface area contributed by atoms with E-state index in [1.807, 2.05) is 56.7 Å². The summed E-state index contributed by atoms with van der Waals surface area (Å²) < 4.78 is 22.0. The van der Waals surface area contributed by atoms with Gasteiger partial charge in [0.05, 0.1) is 17.8 Å². The topological polar surface area (TPSA) is 68.2 Å². The van der Waals surface area contributed by atoms with Crippen molar-refractivity contribution in [3.63, 3.8) is 0 Å². The van der Waals surface area contributed by atoms with Crippen molar-refractivity contribution in [1.82, 2.24) is 14.9 Å². The third-order valence-electron chi connectivity index (χ3n) is 4.37. The molecular weight excluding hydrogens is 371 g/mol. The third kappa shape index (κ3) is 5.13. The number of amides is 2. The Labute approximate surface area is 169 Å². The van der Waals surface area contributed by atoms with E-state index in [4.69, 9.17) is 4.74 Å². The van der Waals surface area contributed by atoms with Gasteiger partial charge in [0.2, 0.25) is 0 Å². The van der Waals surface area contributed by atoms with Crippen LogP contribution in [0.15, 0.2) is 54.9 Å². The maximum absolute atomic E-state index is 14.5. The van der Waals surface area contributed by atoms with Crippen LogP contribution in [-0.2, 0) is 7.05 Å². The number of hydrogen-bond acceptors (Lipinski definition) is 3. The molecule has 3 rings (SSSR count). The predicted octanol–water partition coefficient (Wildman–Crippen LogP) is 4.90. The quantitative estimate of drug-likeness (QED) is 0.623. The summed E-state index contributed by atoms with van der Waals surface area (Å²) in [6.45, 7) is 5.73. The molecule has 2 amide bonds. The Balaban J connectivity index is 1.66. The molecule has 7 heteroatoms. The molecule has 1 aromatic heterocycles. The zero-order valence-corrected chi connectivity index (χ0v) is 16.9. The molecule has 0 bridgehead atoms. The Kier molecular flexibility index (Phi) is 6.16. The highest BCUT2D eigenvalue weighted by Crippen LogP contribution is 2.26. The predicted molar refractivity (Wildman–Crippen MR) is 111 cm³/mol. The molecule has 1 heterocycles. The number of nitrogens with one attached hydrogen (secondary N) is 2. The fraction of sp³-hybridized carbons (Fsp3) is 0.273. The maximum atomic E-state index is 14.5. The molecule has 29 heavy (non-hydrogen) atoms. The lowest BCUT2D eigenvalue weighted by Gasteiger charge is -2.15. The normalized spacial score (nSPS) is 11.9. The minimum absolute atomic E-state index is 0.0925. The SMILES string of the molecule is CC(C)Oc1ccc(-c2ccc(NC(=O)NC(C)c3nccn3C)c(F)c2)cc1. The second kappa shape index (κ2) is 8.77. The lowest BCUT2D eigenvalue weighted by molar-refractivity contribution is 0.242. The molecule has 0 aliphatic carbocycles. The van der Waals surface area contributed by atoms with Gasteiger partial charge in [-0.1, -0.05) is 18.2 Å². The van der Waals surface area contributed by atoms with E-state index in [9.17, 15) is 9.18 Å². The van der Waals surface area contributed by atoms with Gasteiger partial charge < -0.3 is 19.9 Å². The van der Waals surface area contributed by atoms with E-state index >= 15 is 0 Å². The van der Waals surface area contributed by atoms with Gasteiger partial charge >= 0.3 is 6.03 Å². The molecule has 1 atom stereocenters. The number of carbonyl (C=O) groups is 1. The second-order valence-corrected chi connectivity index (χ2v) is 7.10. The van der Waals surface area contributed by atoms with Crippen molar-refractivity contribution < 1.29 is 13.9 Å². The minimum Gasteiger partial charge on any atom is -0.491 e. The first-order chi connectivity index (χ1) is 13.8. The van der Waals surface area contributed by atoms with Crippen molar-refractivity contribution in [3.8, 4) is 16.9 Å². The molecule has 1 unspecified atom stereocenters. The summed E-state index contributed by atoms with van der Waals surface area (Å²) in [5.74, 6) is 0.965. The van der Waals surface area contributed by atoms with Crippen LogP contribution in [0.4, 0.5) is 14.9 Å². The molecule has 0 saturated heterocycles. The molecule has 2 N–H and O–H groups in total. The number of aromatic nitrogens is 2. The summed E-state index contributed by atoms with van der Waals surface area (Å²) in [5.41, 5.74) is 1.68. The van der Waals surface area contributed by atoms with Gasteiger partial charge in [-0.15, -0.1) is 0 Å². The minimum atomic E-state index is -0.509. The highest BCUT2D eigenvalue weighted by atomic mass is 19.1. The van der Waals surface area contributed by atoms with E-state index in [1.165, 1.54) is 6.07 Å². The zero-order valence-electron chi connectivity index (χ0n) is 16.9. The average Bonchev–Trinajstić information content (AvgIpc) is 3.09. The summed E-state index contributed by atoms with van der Waals surface area (Å²) in [6, 6.07) is 11.4. The first kappa shape index (κ1) is 20.4. The summed E-state index contributed by atoms with van der Waals surface area (Å²) in [6.07, 6.45) is 3.55. The first-order valence-corrected chi connectivity index (χ1v) is 9.45. The fourth-order valence-electron chi connectivity index (χ4n) is 3.01. The molecule has 152 valence electrons. The van der Waals surface area contributed by atoms with E-state index in [0.717, 1.165) is 11.3 Å². The van der Waals surface area contributed by atoms with Crippen LogP contribution in [0.3, 0.4) is 0 Å². The number of anilines is 1. The van der Waals surface area contributed by atoms with E-state index in [1.54, 1.807) is 24.5 Å². The molecular formula is C22H25FN4O2. The molecule has 0 saturated carbocycles. The van der Waals surface area contributed by atoms with Crippen molar-refractivity contribution in [2.24, 2.45) is 7.05 Å². The number of ether oxygens (including phenoxy) is 1. The number of aryl methyl sites for hydroxylation is 1. The third-order valence-corrected chi connectivity index (χ3v) is 4.37. The summed E-state index contributed by atoms with van der Waals surface area (Å²) in [4.78, 5) is 16.4. The summed E-state index contributed by atoms with van der Waals surface area (Å²) >= 11 is 0. The van der Waals surface area contributed by atoms with Crippen LogP contribution in [0.2, 0.25) is 0 Å². The molecule has 0 fully saturated rings. The Bertz CT molecular complexity index is 983. The first-order valence-electron chi connectivity index (χ1n) is 9.45. The maximum Gasteiger partial charge on any atom is 0.319 e. The number of nitrogens with zero attached hydrogens (tertiary/aromatic N) is 2. The van der Waals surface area contributed by atoms with E-state index < -0.39 is 11.8 Å². The summed E-state index contributed by atoms with van der Waals surface area (Å²) in [5, 5.41) is 5.30. The molecule has 0 spiro atoms. The fourth-order valence-corrected chi connectivity index (χ4v) is 3.01. The van der Waals surface area contributed by atoms with Gasteiger partial charge in [-0.3, -0.25) is 0 Å². The van der Waals surface area contributed by atoms with E-state index in [2.05, 4.69) is 15.6 Å². The number of halogens is 1. The molecule has 2 aromatic carbocycles. The lowest BCUT2D eigenvalue weighted by Crippen LogP contribution is -2.32. The molecule has 0 aliphatic rings. The van der Waals surface area contributed by atoms with Crippen molar-refractivity contribution in [2.45, 2.75) is 32.9 Å². The van der Waals surface area contributed by atoms with Crippen LogP contribution in [0, 0.1) is 5.82 Å². The zero-order chi connectivity index (χ0) is 21.0.